The van der Waals surface area contributed by atoms with Gasteiger partial charge in [-0.05, 0) is 6.42 Å². The Bertz CT molecular complexity index is 87.5. The van der Waals surface area contributed by atoms with Gasteiger partial charge in [0.25, 0.3) is 0 Å². The third-order valence-electron chi connectivity index (χ3n) is 1.13. The minimum Gasteiger partial charge on any atom is -0.394 e. The van der Waals surface area contributed by atoms with E-state index < -0.39 is 0 Å². The van der Waals surface area contributed by atoms with E-state index in [0.717, 1.165) is 6.42 Å². The molecule has 0 unspecified atom stereocenters. The fourth-order valence-electron chi connectivity index (χ4n) is 0.641. The van der Waals surface area contributed by atoms with Crippen LogP contribution in [-0.4, -0.2) is 54.3 Å². The van der Waals surface area contributed by atoms with Gasteiger partial charge in [0.2, 0.25) is 0 Å². The number of nitrogens with zero attached hydrogens (tertiary/aromatic N) is 1. The largest absolute Gasteiger partial charge is 0.394 e. The van der Waals surface area contributed by atoms with Gasteiger partial charge in [-0.3, -0.25) is 9.68 Å². The highest BCUT2D eigenvalue weighted by molar-refractivity contribution is 6.17. The monoisotopic (exact) mass is 213 g/mol. The van der Waals surface area contributed by atoms with Crippen LogP contribution in [0.25, 0.3) is 0 Å². The highest BCUT2D eigenvalue weighted by Crippen LogP contribution is 1.96. The van der Waals surface area contributed by atoms with Gasteiger partial charge in [-0.15, -0.1) is 11.6 Å². The molecule has 0 aromatic heterocycles. The zero-order chi connectivity index (χ0) is 9.94. The highest BCUT2D eigenvalue weighted by Gasteiger charge is 2.04. The van der Waals surface area contributed by atoms with E-state index in [9.17, 15) is 0 Å². The van der Waals surface area contributed by atoms with Crippen LogP contribution in [0, 0.1) is 0 Å². The van der Waals surface area contributed by atoms with Crippen molar-refractivity contribution in [3.63, 3.8) is 0 Å². The molecule has 0 heterocycles. The third-order valence-corrected chi connectivity index (χ3v) is 1.39. The van der Waals surface area contributed by atoms with Gasteiger partial charge in [0.1, 0.15) is 0 Å². The third kappa shape index (κ3) is 8.42. The lowest BCUT2D eigenvalue weighted by atomic mass is 10.5. The summed E-state index contributed by atoms with van der Waals surface area (Å²) in [5.41, 5.74) is 0. The second-order valence-electron chi connectivity index (χ2n) is 2.21. The van der Waals surface area contributed by atoms with E-state index >= 15 is 0 Å². The summed E-state index contributed by atoms with van der Waals surface area (Å²) in [6.45, 7) is 0.727. The summed E-state index contributed by atoms with van der Waals surface area (Å²) >= 11 is 5.48. The standard InChI is InChI=1S/C7H16ClNO4/c8-2-1-3-9(12-6-4-10)13-7-5-11/h10-11H,1-7H2. The van der Waals surface area contributed by atoms with Crippen molar-refractivity contribution in [1.82, 2.24) is 5.23 Å². The van der Waals surface area contributed by atoms with Crippen LogP contribution in [0.4, 0.5) is 0 Å². The molecule has 13 heavy (non-hydrogen) atoms. The Labute approximate surface area is 82.7 Å². The van der Waals surface area contributed by atoms with Gasteiger partial charge >= 0.3 is 0 Å². The molecule has 0 spiro atoms. The summed E-state index contributed by atoms with van der Waals surface area (Å²) in [4.78, 5) is 9.97. The van der Waals surface area contributed by atoms with Crippen LogP contribution in [-0.2, 0) is 9.68 Å². The quantitative estimate of drug-likeness (QED) is 0.409. The molecule has 0 saturated carbocycles. The molecule has 0 amide bonds. The van der Waals surface area contributed by atoms with E-state index in [4.69, 9.17) is 31.5 Å². The molecule has 0 aliphatic rings. The molecule has 0 aliphatic carbocycles. The molecule has 0 saturated heterocycles. The lowest BCUT2D eigenvalue weighted by Gasteiger charge is -2.19. The Balaban J connectivity index is 3.47. The fourth-order valence-corrected chi connectivity index (χ4v) is 0.760. The molecule has 0 atom stereocenters. The zero-order valence-electron chi connectivity index (χ0n) is 7.49. The Morgan fingerprint density at radius 1 is 1.08 bits per heavy atom. The second kappa shape index (κ2) is 10.2. The van der Waals surface area contributed by atoms with Crippen molar-refractivity contribution in [3.05, 3.63) is 0 Å². The van der Waals surface area contributed by atoms with Crippen molar-refractivity contribution in [2.24, 2.45) is 0 Å². The molecule has 0 fully saturated rings. The number of rotatable bonds is 9. The molecule has 5 nitrogen and oxygen atoms in total. The Kier molecular flexibility index (Phi) is 10.2. The van der Waals surface area contributed by atoms with Crippen LogP contribution in [0.15, 0.2) is 0 Å². The van der Waals surface area contributed by atoms with Crippen molar-refractivity contribution >= 4 is 11.6 Å². The van der Waals surface area contributed by atoms with Gasteiger partial charge in [-0.2, -0.15) is 0 Å². The number of halogens is 1. The van der Waals surface area contributed by atoms with E-state index in [1.165, 1.54) is 5.23 Å². The van der Waals surface area contributed by atoms with E-state index in [1.54, 1.807) is 0 Å². The number of aliphatic hydroxyl groups is 2. The van der Waals surface area contributed by atoms with Gasteiger partial charge in [0, 0.05) is 5.88 Å². The Morgan fingerprint density at radius 2 is 1.62 bits per heavy atom. The predicted octanol–water partition coefficient (Wildman–Crippen LogP) is -0.235. The van der Waals surface area contributed by atoms with Crippen LogP contribution < -0.4 is 0 Å². The topological polar surface area (TPSA) is 62.2 Å². The van der Waals surface area contributed by atoms with Crippen molar-refractivity contribution in [2.75, 3.05) is 38.9 Å². The van der Waals surface area contributed by atoms with E-state index in [2.05, 4.69) is 0 Å². The van der Waals surface area contributed by atoms with Gasteiger partial charge in [-0.25, -0.2) is 0 Å². The maximum absolute atomic E-state index is 8.48. The van der Waals surface area contributed by atoms with E-state index in [0.29, 0.717) is 12.4 Å². The summed E-state index contributed by atoms with van der Waals surface area (Å²) in [6, 6.07) is 0. The average molecular weight is 214 g/mol. The van der Waals surface area contributed by atoms with Crippen LogP contribution in [0.1, 0.15) is 6.42 Å². The van der Waals surface area contributed by atoms with Gasteiger partial charge in [-0.1, -0.05) is 5.23 Å². The maximum atomic E-state index is 8.48. The molecule has 0 rings (SSSR count). The minimum atomic E-state index is -0.0696. The minimum absolute atomic E-state index is 0.0696. The SMILES string of the molecule is OCCON(CCCCl)OCCO. The van der Waals surface area contributed by atoms with Crippen LogP contribution in [0.5, 0.6) is 0 Å². The van der Waals surface area contributed by atoms with Crippen molar-refractivity contribution in [3.8, 4) is 0 Å². The first-order valence-corrected chi connectivity index (χ1v) is 4.69. The lowest BCUT2D eigenvalue weighted by molar-refractivity contribution is -0.371. The smallest absolute Gasteiger partial charge is 0.0942 e. The summed E-state index contributed by atoms with van der Waals surface area (Å²) in [7, 11) is 0. The molecule has 0 aromatic carbocycles. The van der Waals surface area contributed by atoms with Crippen molar-refractivity contribution in [1.29, 1.82) is 0 Å². The number of hydroxylamine groups is 2. The number of aliphatic hydroxyl groups excluding tert-OH is 2. The first-order valence-electron chi connectivity index (χ1n) is 4.16. The molecule has 2 N–H and O–H groups in total. The first-order chi connectivity index (χ1) is 6.35. The molecule has 0 bridgehead atoms. The molecule has 0 aromatic rings. The van der Waals surface area contributed by atoms with Crippen molar-refractivity contribution < 1.29 is 19.9 Å². The fraction of sp³-hybridized carbons (Fsp3) is 1.00. The molecular weight excluding hydrogens is 198 g/mol. The summed E-state index contributed by atoms with van der Waals surface area (Å²) in [6.07, 6.45) is 0.721. The summed E-state index contributed by atoms with van der Waals surface area (Å²) < 4.78 is 0. The van der Waals surface area contributed by atoms with Gasteiger partial charge < -0.3 is 10.2 Å². The van der Waals surface area contributed by atoms with Crippen LogP contribution >= 0.6 is 11.6 Å². The molecule has 6 heteroatoms. The van der Waals surface area contributed by atoms with E-state index in [1.807, 2.05) is 0 Å². The molecular formula is C7H16ClNO4. The molecule has 0 aliphatic heterocycles. The number of hydrogen-bond donors (Lipinski definition) is 2. The lowest BCUT2D eigenvalue weighted by Crippen LogP contribution is -2.28. The highest BCUT2D eigenvalue weighted by atomic mass is 35.5. The Hall–Kier alpha value is 0.0900. The summed E-state index contributed by atoms with van der Waals surface area (Å²) in [5, 5.41) is 18.2. The second-order valence-corrected chi connectivity index (χ2v) is 2.59. The summed E-state index contributed by atoms with van der Waals surface area (Å²) in [5.74, 6) is 0.515. The molecule has 80 valence electrons. The predicted molar refractivity (Wildman–Crippen MR) is 48.1 cm³/mol. The molecule has 0 radical (unpaired) electrons. The van der Waals surface area contributed by atoms with Crippen LogP contribution in [0.3, 0.4) is 0 Å². The normalized spacial score (nSPS) is 11.1. The van der Waals surface area contributed by atoms with E-state index in [-0.39, 0.29) is 26.4 Å². The first kappa shape index (κ1) is 13.1. The van der Waals surface area contributed by atoms with Crippen molar-refractivity contribution in [2.45, 2.75) is 6.42 Å². The zero-order valence-corrected chi connectivity index (χ0v) is 8.24. The Morgan fingerprint density at radius 3 is 2.00 bits per heavy atom. The van der Waals surface area contributed by atoms with Gasteiger partial charge in [0.15, 0.2) is 0 Å². The average Bonchev–Trinajstić information content (AvgIpc) is 2.17. The number of alkyl halides is 1. The number of hydrogen-bond acceptors (Lipinski definition) is 5. The van der Waals surface area contributed by atoms with Gasteiger partial charge in [0.05, 0.1) is 33.0 Å². The van der Waals surface area contributed by atoms with Crippen LogP contribution in [0.2, 0.25) is 0 Å². The maximum Gasteiger partial charge on any atom is 0.0942 e.